The van der Waals surface area contributed by atoms with Gasteiger partial charge >= 0.3 is 0 Å². The van der Waals surface area contributed by atoms with E-state index >= 15 is 0 Å². The first-order valence-corrected chi connectivity index (χ1v) is 15.1. The molecule has 0 saturated heterocycles. The lowest BCUT2D eigenvalue weighted by molar-refractivity contribution is 0.614. The van der Waals surface area contributed by atoms with Gasteiger partial charge < -0.3 is 0 Å². The Morgan fingerprint density at radius 1 is 0.429 bits per heavy atom. The van der Waals surface area contributed by atoms with Gasteiger partial charge in [0.05, 0.1) is 25.9 Å². The molecule has 0 aromatic rings. The first-order valence-electron chi connectivity index (χ1n) is 12.8. The topological polar surface area (TPSA) is 12.0 Å². The van der Waals surface area contributed by atoms with E-state index in [2.05, 4.69) is 32.9 Å². The van der Waals surface area contributed by atoms with Crippen molar-refractivity contribution in [3.63, 3.8) is 0 Å². The second-order valence-corrected chi connectivity index (χ2v) is 12.9. The number of hydrogen-bond donors (Lipinski definition) is 1. The van der Waals surface area contributed by atoms with E-state index in [1.165, 1.54) is 134 Å². The smallest absolute Gasteiger partial charge is 0.0796 e. The fourth-order valence-corrected chi connectivity index (χ4v) is 8.08. The lowest BCUT2D eigenvalue weighted by Crippen LogP contribution is -2.21. The van der Waals surface area contributed by atoms with Gasteiger partial charge in [-0.1, -0.05) is 97.8 Å². The van der Waals surface area contributed by atoms with Gasteiger partial charge in [-0.25, -0.2) is 0 Å². The van der Waals surface area contributed by atoms with Crippen molar-refractivity contribution in [3.8, 4) is 0 Å². The maximum atomic E-state index is 3.93. The molecule has 0 rings (SSSR count). The molecule has 0 spiro atoms. The molecule has 0 aliphatic heterocycles. The van der Waals surface area contributed by atoms with Gasteiger partial charge in [-0.05, 0) is 38.5 Å². The van der Waals surface area contributed by atoms with Gasteiger partial charge in [0.2, 0.25) is 0 Å². The van der Waals surface area contributed by atoms with Crippen LogP contribution < -0.4 is 5.09 Å². The summed E-state index contributed by atoms with van der Waals surface area (Å²) in [5.74, 6) is 0. The zero-order chi connectivity index (χ0) is 20.1. The van der Waals surface area contributed by atoms with E-state index in [1.54, 1.807) is 0 Å². The lowest BCUT2D eigenvalue weighted by Gasteiger charge is -2.27. The molecular formula is C25H56ClNP+. The normalized spacial score (nSPS) is 11.6. The van der Waals surface area contributed by atoms with Gasteiger partial charge in [0, 0.05) is 7.05 Å². The first kappa shape index (κ1) is 30.9. The second kappa shape index (κ2) is 24.0. The second-order valence-electron chi connectivity index (χ2n) is 8.84. The number of nitrogens with one attached hydrogen (secondary N) is 1. The summed E-state index contributed by atoms with van der Waals surface area (Å²) in [6.07, 6.45) is 30.5. The van der Waals surface area contributed by atoms with Crippen LogP contribution in [0.2, 0.25) is 0 Å². The molecule has 0 aromatic carbocycles. The molecule has 1 N–H and O–H groups in total. The SMILES string of the molecule is CCCCCCCC[P+](CCCCCCCC)(CCCCCCCC)NC.Cl. The van der Waals surface area contributed by atoms with E-state index in [-0.39, 0.29) is 12.4 Å². The van der Waals surface area contributed by atoms with Crippen LogP contribution in [0, 0.1) is 0 Å². The molecule has 0 aliphatic rings. The summed E-state index contributed by atoms with van der Waals surface area (Å²) in [6, 6.07) is 0. The van der Waals surface area contributed by atoms with Crippen molar-refractivity contribution in [3.05, 3.63) is 0 Å². The third-order valence-electron chi connectivity index (χ3n) is 6.29. The number of halogens is 1. The molecular weight excluding hydrogens is 381 g/mol. The Labute approximate surface area is 186 Å². The van der Waals surface area contributed by atoms with Crippen molar-refractivity contribution < 1.29 is 0 Å². The molecule has 0 fully saturated rings. The highest BCUT2D eigenvalue weighted by molar-refractivity contribution is 7.73. The molecule has 0 amide bonds. The molecule has 0 atom stereocenters. The first-order chi connectivity index (χ1) is 13.2. The van der Waals surface area contributed by atoms with Crippen LogP contribution in [0.1, 0.15) is 136 Å². The van der Waals surface area contributed by atoms with Gasteiger partial charge in [-0.3, -0.25) is 0 Å². The third-order valence-corrected chi connectivity index (χ3v) is 10.8. The van der Waals surface area contributed by atoms with Crippen LogP contribution in [-0.2, 0) is 0 Å². The number of hydrogen-bond acceptors (Lipinski definition) is 1. The summed E-state index contributed by atoms with van der Waals surface area (Å²) in [7, 11) is 1.40. The van der Waals surface area contributed by atoms with E-state index in [1.807, 2.05) is 0 Å². The zero-order valence-corrected chi connectivity index (χ0v) is 21.9. The summed E-state index contributed by atoms with van der Waals surface area (Å²) >= 11 is 0. The van der Waals surface area contributed by atoms with Crippen molar-refractivity contribution in [2.24, 2.45) is 0 Å². The fraction of sp³-hybridized carbons (Fsp3) is 1.00. The van der Waals surface area contributed by atoms with Crippen LogP contribution in [0.15, 0.2) is 0 Å². The van der Waals surface area contributed by atoms with E-state index in [4.69, 9.17) is 0 Å². The van der Waals surface area contributed by atoms with Crippen molar-refractivity contribution in [2.75, 3.05) is 25.5 Å². The molecule has 0 saturated carbocycles. The molecule has 0 aliphatic carbocycles. The van der Waals surface area contributed by atoms with Gasteiger partial charge in [0.25, 0.3) is 0 Å². The van der Waals surface area contributed by atoms with Crippen molar-refractivity contribution in [2.45, 2.75) is 136 Å². The van der Waals surface area contributed by atoms with Gasteiger partial charge in [0.15, 0.2) is 0 Å². The number of unbranched alkanes of at least 4 members (excludes halogenated alkanes) is 15. The van der Waals surface area contributed by atoms with Crippen molar-refractivity contribution >= 4 is 19.8 Å². The summed E-state index contributed by atoms with van der Waals surface area (Å²) in [5.41, 5.74) is 0. The maximum absolute atomic E-state index is 3.93. The van der Waals surface area contributed by atoms with E-state index < -0.39 is 7.41 Å². The molecule has 172 valence electrons. The highest BCUT2D eigenvalue weighted by Gasteiger charge is 2.34. The Kier molecular flexibility index (Phi) is 26.4. The maximum Gasteiger partial charge on any atom is 0.0796 e. The van der Waals surface area contributed by atoms with Gasteiger partial charge in [-0.15, -0.1) is 12.4 Å². The summed E-state index contributed by atoms with van der Waals surface area (Å²) in [4.78, 5) is 0. The quantitative estimate of drug-likeness (QED) is 0.131. The largest absolute Gasteiger partial charge is 0.195 e. The summed E-state index contributed by atoms with van der Waals surface area (Å²) < 4.78 is 0. The Morgan fingerprint density at radius 2 is 0.679 bits per heavy atom. The van der Waals surface area contributed by atoms with Gasteiger partial charge in [0.1, 0.15) is 0 Å². The molecule has 0 unspecified atom stereocenters. The summed E-state index contributed by atoms with van der Waals surface area (Å²) in [5, 5.41) is 3.93. The van der Waals surface area contributed by atoms with Crippen LogP contribution in [0.25, 0.3) is 0 Å². The lowest BCUT2D eigenvalue weighted by atomic mass is 10.1. The van der Waals surface area contributed by atoms with Crippen LogP contribution in [0.5, 0.6) is 0 Å². The molecule has 1 nitrogen and oxygen atoms in total. The molecule has 28 heavy (non-hydrogen) atoms. The van der Waals surface area contributed by atoms with E-state index in [9.17, 15) is 0 Å². The molecule has 0 heterocycles. The molecule has 0 aromatic heterocycles. The third kappa shape index (κ3) is 18.7. The Bertz CT molecular complexity index is 245. The minimum Gasteiger partial charge on any atom is -0.195 e. The van der Waals surface area contributed by atoms with Gasteiger partial charge in [-0.2, -0.15) is 5.09 Å². The van der Waals surface area contributed by atoms with Crippen LogP contribution >= 0.6 is 19.8 Å². The van der Waals surface area contributed by atoms with Crippen molar-refractivity contribution in [1.82, 2.24) is 5.09 Å². The molecule has 0 radical (unpaired) electrons. The highest BCUT2D eigenvalue weighted by Crippen LogP contribution is 2.56. The fourth-order valence-electron chi connectivity index (χ4n) is 4.26. The predicted octanol–water partition coefficient (Wildman–Crippen LogP) is 9.64. The van der Waals surface area contributed by atoms with Crippen LogP contribution in [0.3, 0.4) is 0 Å². The Morgan fingerprint density at radius 3 is 0.929 bits per heavy atom. The molecule has 0 bridgehead atoms. The van der Waals surface area contributed by atoms with Crippen molar-refractivity contribution in [1.29, 1.82) is 0 Å². The monoisotopic (exact) mass is 436 g/mol. The highest BCUT2D eigenvalue weighted by atomic mass is 35.5. The van der Waals surface area contributed by atoms with Crippen LogP contribution in [-0.4, -0.2) is 25.5 Å². The van der Waals surface area contributed by atoms with Crippen LogP contribution in [0.4, 0.5) is 0 Å². The summed E-state index contributed by atoms with van der Waals surface area (Å²) in [6.45, 7) is 6.95. The van der Waals surface area contributed by atoms with E-state index in [0.29, 0.717) is 0 Å². The average molecular weight is 437 g/mol. The number of rotatable bonds is 22. The zero-order valence-electron chi connectivity index (χ0n) is 20.2. The standard InChI is InChI=1S/C25H55NP.ClH/c1-5-8-11-14-17-20-23-27(26-4,24-21-18-15-12-9-6-2)25-22-19-16-13-10-7-3;/h26H,5-25H2,1-4H3;1H/q+1;. The Balaban J connectivity index is 0. The predicted molar refractivity (Wildman–Crippen MR) is 138 cm³/mol. The average Bonchev–Trinajstić information content (AvgIpc) is 2.69. The minimum absolute atomic E-state index is 0. The molecule has 3 heteroatoms. The Hall–Kier alpha value is 0.680. The minimum atomic E-state index is -0.894. The van der Waals surface area contributed by atoms with E-state index in [0.717, 1.165) is 0 Å².